The first-order chi connectivity index (χ1) is 8.63. The Bertz CT molecular complexity index is 374. The van der Waals surface area contributed by atoms with Gasteiger partial charge in [0.25, 0.3) is 0 Å². The molecule has 6 heteroatoms. The van der Waals surface area contributed by atoms with Crippen molar-refractivity contribution < 1.29 is 9.59 Å². The molecule has 2 aliphatic rings. The van der Waals surface area contributed by atoms with Crippen LogP contribution in [0.5, 0.6) is 0 Å². The molecular formula is C12H20N4O2. The third-order valence-electron chi connectivity index (χ3n) is 3.61. The van der Waals surface area contributed by atoms with Crippen LogP contribution < -0.4 is 5.73 Å². The number of aliphatic imine (C=N–C) groups is 1. The summed E-state index contributed by atoms with van der Waals surface area (Å²) in [6, 6.07) is -0.677. The second-order valence-electron chi connectivity index (χ2n) is 4.77. The molecule has 0 aromatic rings. The van der Waals surface area contributed by atoms with Crippen molar-refractivity contribution in [2.24, 2.45) is 10.7 Å². The Kier molecular flexibility index (Phi) is 3.84. The van der Waals surface area contributed by atoms with Crippen molar-refractivity contribution in [1.29, 1.82) is 0 Å². The number of nitrogens with zero attached hydrogens (tertiary/aromatic N) is 3. The molecule has 0 bridgehead atoms. The van der Waals surface area contributed by atoms with Crippen LogP contribution in [0.2, 0.25) is 0 Å². The lowest BCUT2D eigenvalue weighted by atomic mass is 10.1. The lowest BCUT2D eigenvalue weighted by Gasteiger charge is -2.29. The number of likely N-dealkylation sites (tertiary alicyclic amines) is 1. The highest BCUT2D eigenvalue weighted by atomic mass is 16.2. The van der Waals surface area contributed by atoms with E-state index in [1.807, 2.05) is 11.8 Å². The standard InChI is InChI=1S/C12H20N4O2/c1-2-16-9(11(13)14-12(16)18)8-10(17)15-6-4-3-5-7-15/h9H,2-8H2,1H3,(H2,13,14,18). The first-order valence-corrected chi connectivity index (χ1v) is 6.56. The zero-order valence-electron chi connectivity index (χ0n) is 10.8. The van der Waals surface area contributed by atoms with Crippen LogP contribution in [-0.2, 0) is 4.79 Å². The Morgan fingerprint density at radius 3 is 2.67 bits per heavy atom. The quantitative estimate of drug-likeness (QED) is 0.797. The molecule has 1 atom stereocenters. The summed E-state index contributed by atoms with van der Waals surface area (Å²) in [5, 5.41) is 0. The van der Waals surface area contributed by atoms with Gasteiger partial charge in [0.05, 0.1) is 12.5 Å². The van der Waals surface area contributed by atoms with Gasteiger partial charge in [-0.2, -0.15) is 4.99 Å². The summed E-state index contributed by atoms with van der Waals surface area (Å²) in [6.45, 7) is 4.04. The Morgan fingerprint density at radius 2 is 2.06 bits per heavy atom. The number of carbonyl (C=O) groups excluding carboxylic acids is 2. The van der Waals surface area contributed by atoms with Gasteiger partial charge in [0.2, 0.25) is 5.91 Å². The van der Waals surface area contributed by atoms with Gasteiger partial charge < -0.3 is 15.5 Å². The third kappa shape index (κ3) is 2.47. The summed E-state index contributed by atoms with van der Waals surface area (Å²) < 4.78 is 0. The molecule has 1 unspecified atom stereocenters. The van der Waals surface area contributed by atoms with Gasteiger partial charge in [0.15, 0.2) is 0 Å². The molecule has 3 amide bonds. The molecule has 1 saturated heterocycles. The van der Waals surface area contributed by atoms with Gasteiger partial charge >= 0.3 is 6.03 Å². The first kappa shape index (κ1) is 12.9. The topological polar surface area (TPSA) is 79.0 Å². The number of carbonyl (C=O) groups is 2. The van der Waals surface area contributed by atoms with Crippen molar-refractivity contribution in [2.45, 2.75) is 38.6 Å². The normalized spacial score (nSPS) is 24.4. The van der Waals surface area contributed by atoms with Gasteiger partial charge in [0.1, 0.15) is 5.84 Å². The van der Waals surface area contributed by atoms with Crippen molar-refractivity contribution in [2.75, 3.05) is 19.6 Å². The highest BCUT2D eigenvalue weighted by Gasteiger charge is 2.34. The fourth-order valence-corrected chi connectivity index (χ4v) is 2.55. The zero-order chi connectivity index (χ0) is 13.1. The Hall–Kier alpha value is -1.59. The number of likely N-dealkylation sites (N-methyl/N-ethyl adjacent to an activating group) is 1. The fraction of sp³-hybridized carbons (Fsp3) is 0.750. The van der Waals surface area contributed by atoms with E-state index in [0.717, 1.165) is 25.9 Å². The zero-order valence-corrected chi connectivity index (χ0v) is 10.8. The average Bonchev–Trinajstić information content (AvgIpc) is 2.64. The van der Waals surface area contributed by atoms with Gasteiger partial charge in [-0.25, -0.2) is 4.79 Å². The maximum Gasteiger partial charge on any atom is 0.345 e. The SMILES string of the molecule is CCN1C(=O)N=C(N)C1CC(=O)N1CCCCC1. The van der Waals surface area contributed by atoms with Gasteiger partial charge in [-0.1, -0.05) is 0 Å². The van der Waals surface area contributed by atoms with Crippen LogP contribution in [0.3, 0.4) is 0 Å². The van der Waals surface area contributed by atoms with Crippen LogP contribution >= 0.6 is 0 Å². The molecule has 0 spiro atoms. The Balaban J connectivity index is 1.97. The predicted molar refractivity (Wildman–Crippen MR) is 68.2 cm³/mol. The average molecular weight is 252 g/mol. The molecule has 2 aliphatic heterocycles. The molecule has 1 fully saturated rings. The van der Waals surface area contributed by atoms with E-state index in [9.17, 15) is 9.59 Å². The molecule has 0 saturated carbocycles. The van der Waals surface area contributed by atoms with Crippen molar-refractivity contribution in [3.63, 3.8) is 0 Å². The fourth-order valence-electron chi connectivity index (χ4n) is 2.55. The van der Waals surface area contributed by atoms with E-state index in [1.165, 1.54) is 6.42 Å². The molecule has 18 heavy (non-hydrogen) atoms. The molecular weight excluding hydrogens is 232 g/mol. The summed E-state index contributed by atoms with van der Waals surface area (Å²) in [7, 11) is 0. The van der Waals surface area contributed by atoms with E-state index in [-0.39, 0.29) is 30.2 Å². The number of amides is 3. The van der Waals surface area contributed by atoms with E-state index >= 15 is 0 Å². The summed E-state index contributed by atoms with van der Waals surface area (Å²) in [4.78, 5) is 30.8. The lowest BCUT2D eigenvalue weighted by Crippen LogP contribution is -2.45. The largest absolute Gasteiger partial charge is 0.385 e. The molecule has 2 N–H and O–H groups in total. The molecule has 6 nitrogen and oxygen atoms in total. The van der Waals surface area contributed by atoms with Crippen LogP contribution in [0.25, 0.3) is 0 Å². The maximum atomic E-state index is 12.1. The van der Waals surface area contributed by atoms with E-state index in [1.54, 1.807) is 4.90 Å². The van der Waals surface area contributed by atoms with E-state index < -0.39 is 0 Å². The van der Waals surface area contributed by atoms with Crippen LogP contribution in [-0.4, -0.2) is 53.2 Å². The summed E-state index contributed by atoms with van der Waals surface area (Å²) in [5.74, 6) is 0.346. The van der Waals surface area contributed by atoms with Crippen LogP contribution in [0.4, 0.5) is 4.79 Å². The maximum absolute atomic E-state index is 12.1. The van der Waals surface area contributed by atoms with Crippen molar-refractivity contribution in [3.8, 4) is 0 Å². The smallest absolute Gasteiger partial charge is 0.345 e. The van der Waals surface area contributed by atoms with Crippen molar-refractivity contribution >= 4 is 17.8 Å². The molecule has 0 aliphatic carbocycles. The third-order valence-corrected chi connectivity index (χ3v) is 3.61. The van der Waals surface area contributed by atoms with Gasteiger partial charge in [-0.3, -0.25) is 4.79 Å². The van der Waals surface area contributed by atoms with E-state index in [0.29, 0.717) is 6.54 Å². The highest BCUT2D eigenvalue weighted by Crippen LogP contribution is 2.17. The van der Waals surface area contributed by atoms with Crippen LogP contribution in [0.15, 0.2) is 4.99 Å². The number of hydrogen-bond donors (Lipinski definition) is 1. The van der Waals surface area contributed by atoms with Crippen molar-refractivity contribution in [1.82, 2.24) is 9.80 Å². The first-order valence-electron chi connectivity index (χ1n) is 6.56. The number of piperidine rings is 1. The second kappa shape index (κ2) is 5.37. The van der Waals surface area contributed by atoms with Crippen molar-refractivity contribution in [3.05, 3.63) is 0 Å². The molecule has 0 aromatic heterocycles. The summed E-state index contributed by atoms with van der Waals surface area (Å²) in [5.41, 5.74) is 5.73. The minimum Gasteiger partial charge on any atom is -0.385 e. The number of rotatable bonds is 3. The monoisotopic (exact) mass is 252 g/mol. The second-order valence-corrected chi connectivity index (χ2v) is 4.77. The molecule has 0 aromatic carbocycles. The summed E-state index contributed by atoms with van der Waals surface area (Å²) in [6.07, 6.45) is 3.58. The Labute approximate surface area is 107 Å². The minimum atomic E-state index is -0.350. The lowest BCUT2D eigenvalue weighted by molar-refractivity contribution is -0.132. The highest BCUT2D eigenvalue weighted by molar-refractivity contribution is 6.04. The number of urea groups is 1. The molecule has 2 heterocycles. The molecule has 0 radical (unpaired) electrons. The molecule has 2 rings (SSSR count). The van der Waals surface area contributed by atoms with Gasteiger partial charge in [0, 0.05) is 19.6 Å². The van der Waals surface area contributed by atoms with Gasteiger partial charge in [-0.05, 0) is 26.2 Å². The number of nitrogens with two attached hydrogens (primary N) is 1. The molecule has 100 valence electrons. The number of amidine groups is 1. The predicted octanol–water partition coefficient (Wildman–Crippen LogP) is 0.570. The van der Waals surface area contributed by atoms with E-state index in [4.69, 9.17) is 5.73 Å². The van der Waals surface area contributed by atoms with Crippen LogP contribution in [0, 0.1) is 0 Å². The van der Waals surface area contributed by atoms with Gasteiger partial charge in [-0.15, -0.1) is 0 Å². The van der Waals surface area contributed by atoms with E-state index in [2.05, 4.69) is 4.99 Å². The number of hydrogen-bond acceptors (Lipinski definition) is 3. The summed E-state index contributed by atoms with van der Waals surface area (Å²) >= 11 is 0. The Morgan fingerprint density at radius 1 is 1.39 bits per heavy atom. The minimum absolute atomic E-state index is 0.0750. The van der Waals surface area contributed by atoms with Crippen LogP contribution in [0.1, 0.15) is 32.6 Å².